The summed E-state index contributed by atoms with van der Waals surface area (Å²) in [4.78, 5) is 27.5. The zero-order chi connectivity index (χ0) is 18.0. The van der Waals surface area contributed by atoms with Crippen molar-refractivity contribution in [3.63, 3.8) is 0 Å². The van der Waals surface area contributed by atoms with Crippen LogP contribution in [0.1, 0.15) is 30.9 Å². The number of urea groups is 1. The molecule has 25 heavy (non-hydrogen) atoms. The Kier molecular flexibility index (Phi) is 5.64. The van der Waals surface area contributed by atoms with Gasteiger partial charge in [0, 0.05) is 16.6 Å². The summed E-state index contributed by atoms with van der Waals surface area (Å²) in [6.07, 6.45) is 2.08. The molecule has 7 heteroatoms. The lowest BCUT2D eigenvalue weighted by Gasteiger charge is -2.27. The summed E-state index contributed by atoms with van der Waals surface area (Å²) in [7, 11) is 0. The minimum Gasteiger partial charge on any atom is -0.490 e. The van der Waals surface area contributed by atoms with Crippen LogP contribution in [0.4, 0.5) is 4.79 Å². The second kappa shape index (κ2) is 7.74. The summed E-state index contributed by atoms with van der Waals surface area (Å²) in [5.74, 6) is 0.642. The molecule has 0 spiro atoms. The van der Waals surface area contributed by atoms with Crippen LogP contribution in [0.25, 0.3) is 0 Å². The van der Waals surface area contributed by atoms with Gasteiger partial charge < -0.3 is 15.0 Å². The average molecular weight is 410 g/mol. The number of carbonyl (C=O) groups excluding carboxylic acids is 2. The maximum Gasteiger partial charge on any atom is 0.327 e. The fourth-order valence-electron chi connectivity index (χ4n) is 3.33. The Labute approximate surface area is 156 Å². The number of benzene rings is 1. The molecule has 0 aromatic heterocycles. The molecule has 2 aliphatic heterocycles. The lowest BCUT2D eigenvalue weighted by atomic mass is 10.1. The van der Waals surface area contributed by atoms with Crippen LogP contribution in [0.15, 0.2) is 16.6 Å². The highest BCUT2D eigenvalue weighted by Crippen LogP contribution is 2.32. The van der Waals surface area contributed by atoms with Crippen LogP contribution < -0.4 is 10.1 Å². The van der Waals surface area contributed by atoms with E-state index in [4.69, 9.17) is 4.74 Å². The molecule has 0 bridgehead atoms. The van der Waals surface area contributed by atoms with Gasteiger partial charge in [-0.15, -0.1) is 0 Å². The van der Waals surface area contributed by atoms with Gasteiger partial charge in [0.15, 0.2) is 0 Å². The highest BCUT2D eigenvalue weighted by atomic mass is 79.9. The van der Waals surface area contributed by atoms with E-state index in [-0.39, 0.29) is 31.1 Å². The number of amides is 3. The van der Waals surface area contributed by atoms with Gasteiger partial charge in [0.1, 0.15) is 18.4 Å². The Morgan fingerprint density at radius 1 is 1.28 bits per heavy atom. The number of nitrogens with one attached hydrogen (secondary N) is 1. The smallest absolute Gasteiger partial charge is 0.327 e. The van der Waals surface area contributed by atoms with Gasteiger partial charge in [0.05, 0.1) is 6.54 Å². The van der Waals surface area contributed by atoms with Crippen molar-refractivity contribution in [2.45, 2.75) is 39.3 Å². The van der Waals surface area contributed by atoms with Gasteiger partial charge in [-0.25, -0.2) is 4.79 Å². The maximum absolute atomic E-state index is 12.4. The number of halogens is 1. The lowest BCUT2D eigenvalue weighted by molar-refractivity contribution is -0.125. The van der Waals surface area contributed by atoms with Crippen molar-refractivity contribution in [3.8, 4) is 5.75 Å². The van der Waals surface area contributed by atoms with Crippen molar-refractivity contribution in [3.05, 3.63) is 27.7 Å². The SMILES string of the molecule is CCN1CC(=O)N(Cc2cc(Br)cc(C)c2OC2CCNCC2)C1=O. The van der Waals surface area contributed by atoms with Crippen LogP contribution in [0.2, 0.25) is 0 Å². The van der Waals surface area contributed by atoms with Crippen LogP contribution in [-0.2, 0) is 11.3 Å². The average Bonchev–Trinajstić information content (AvgIpc) is 2.86. The zero-order valence-electron chi connectivity index (χ0n) is 14.7. The first-order valence-corrected chi connectivity index (χ1v) is 9.54. The van der Waals surface area contributed by atoms with E-state index in [0.29, 0.717) is 6.54 Å². The van der Waals surface area contributed by atoms with Gasteiger partial charge >= 0.3 is 6.03 Å². The summed E-state index contributed by atoms with van der Waals surface area (Å²) in [5, 5.41) is 3.33. The largest absolute Gasteiger partial charge is 0.490 e. The number of likely N-dealkylation sites (N-methyl/N-ethyl adjacent to an activating group) is 1. The second-order valence-electron chi connectivity index (χ2n) is 6.55. The van der Waals surface area contributed by atoms with E-state index in [1.165, 1.54) is 4.90 Å². The molecule has 2 aliphatic rings. The van der Waals surface area contributed by atoms with E-state index in [1.807, 2.05) is 26.0 Å². The topological polar surface area (TPSA) is 61.9 Å². The molecular formula is C18H24BrN3O3. The molecule has 1 aromatic carbocycles. The van der Waals surface area contributed by atoms with Crippen molar-refractivity contribution in [2.75, 3.05) is 26.2 Å². The number of rotatable bonds is 5. The van der Waals surface area contributed by atoms with Gasteiger partial charge in [0.25, 0.3) is 5.91 Å². The number of ether oxygens (including phenoxy) is 1. The quantitative estimate of drug-likeness (QED) is 0.759. The molecule has 0 aliphatic carbocycles. The predicted molar refractivity (Wildman–Crippen MR) is 98.6 cm³/mol. The Morgan fingerprint density at radius 3 is 2.64 bits per heavy atom. The van der Waals surface area contributed by atoms with Gasteiger partial charge in [-0.3, -0.25) is 9.69 Å². The molecule has 0 unspecified atom stereocenters. The number of hydrogen-bond donors (Lipinski definition) is 1. The highest BCUT2D eigenvalue weighted by molar-refractivity contribution is 9.10. The van der Waals surface area contributed by atoms with Crippen LogP contribution >= 0.6 is 15.9 Å². The summed E-state index contributed by atoms with van der Waals surface area (Å²) in [6, 6.07) is 3.72. The van der Waals surface area contributed by atoms with Crippen molar-refractivity contribution in [2.24, 2.45) is 0 Å². The van der Waals surface area contributed by atoms with E-state index < -0.39 is 0 Å². The van der Waals surface area contributed by atoms with Gasteiger partial charge in [0.2, 0.25) is 0 Å². The Hall–Kier alpha value is -1.60. The predicted octanol–water partition coefficient (Wildman–Crippen LogP) is 2.67. The van der Waals surface area contributed by atoms with Crippen LogP contribution in [0.3, 0.4) is 0 Å². The zero-order valence-corrected chi connectivity index (χ0v) is 16.3. The van der Waals surface area contributed by atoms with E-state index >= 15 is 0 Å². The highest BCUT2D eigenvalue weighted by Gasteiger charge is 2.35. The summed E-state index contributed by atoms with van der Waals surface area (Å²) >= 11 is 3.51. The summed E-state index contributed by atoms with van der Waals surface area (Å²) in [5.41, 5.74) is 1.87. The molecule has 6 nitrogen and oxygen atoms in total. The fraction of sp³-hybridized carbons (Fsp3) is 0.556. The molecular weight excluding hydrogens is 386 g/mol. The van der Waals surface area contributed by atoms with Crippen molar-refractivity contribution < 1.29 is 14.3 Å². The van der Waals surface area contributed by atoms with Gasteiger partial charge in [-0.1, -0.05) is 15.9 Å². The molecule has 3 amide bonds. The molecule has 2 fully saturated rings. The number of hydrogen-bond acceptors (Lipinski definition) is 4. The first-order chi connectivity index (χ1) is 12.0. The van der Waals surface area contributed by atoms with E-state index in [9.17, 15) is 9.59 Å². The van der Waals surface area contributed by atoms with Gasteiger partial charge in [-0.05, 0) is 57.5 Å². The fourth-order valence-corrected chi connectivity index (χ4v) is 3.95. The second-order valence-corrected chi connectivity index (χ2v) is 7.47. The first-order valence-electron chi connectivity index (χ1n) is 8.75. The summed E-state index contributed by atoms with van der Waals surface area (Å²) in [6.45, 7) is 6.72. The molecule has 2 saturated heterocycles. The number of piperidine rings is 1. The minimum atomic E-state index is -0.224. The molecule has 1 N–H and O–H groups in total. The molecule has 0 atom stereocenters. The van der Waals surface area contributed by atoms with E-state index in [2.05, 4.69) is 21.2 Å². The Balaban J connectivity index is 1.84. The number of nitrogens with zero attached hydrogens (tertiary/aromatic N) is 2. The molecule has 136 valence electrons. The summed E-state index contributed by atoms with van der Waals surface area (Å²) < 4.78 is 7.20. The van der Waals surface area contributed by atoms with Crippen molar-refractivity contribution in [1.29, 1.82) is 0 Å². The normalized spacial score (nSPS) is 19.0. The van der Waals surface area contributed by atoms with Crippen LogP contribution in [0, 0.1) is 6.92 Å². The molecule has 2 heterocycles. The number of carbonyl (C=O) groups is 2. The number of imide groups is 1. The van der Waals surface area contributed by atoms with Crippen molar-refractivity contribution in [1.82, 2.24) is 15.1 Å². The maximum atomic E-state index is 12.4. The standard InChI is InChI=1S/C18H24BrN3O3/c1-3-21-11-16(23)22(18(21)24)10-13-9-14(19)8-12(2)17(13)25-15-4-6-20-7-5-15/h8-9,15,20H,3-7,10-11H2,1-2H3. The molecule has 1 aromatic rings. The Bertz CT molecular complexity index is 674. The minimum absolute atomic E-state index is 0.155. The lowest BCUT2D eigenvalue weighted by Crippen LogP contribution is -2.35. The van der Waals surface area contributed by atoms with E-state index in [0.717, 1.165) is 47.3 Å². The van der Waals surface area contributed by atoms with E-state index in [1.54, 1.807) is 4.90 Å². The third-order valence-corrected chi connectivity index (χ3v) is 5.18. The number of aryl methyl sites for hydroxylation is 1. The molecule has 3 rings (SSSR count). The van der Waals surface area contributed by atoms with Crippen molar-refractivity contribution >= 4 is 27.9 Å². The molecule has 0 radical (unpaired) electrons. The molecule has 0 saturated carbocycles. The Morgan fingerprint density at radius 2 is 2.00 bits per heavy atom. The van der Waals surface area contributed by atoms with Gasteiger partial charge in [-0.2, -0.15) is 0 Å². The monoisotopic (exact) mass is 409 g/mol. The third kappa shape index (κ3) is 3.98. The first kappa shape index (κ1) is 18.2. The third-order valence-electron chi connectivity index (χ3n) is 4.73. The van der Waals surface area contributed by atoms with Crippen LogP contribution in [0.5, 0.6) is 5.75 Å². The van der Waals surface area contributed by atoms with Crippen LogP contribution in [-0.4, -0.2) is 54.0 Å².